The molecule has 0 aliphatic rings. The lowest BCUT2D eigenvalue weighted by molar-refractivity contribution is -0.144. The van der Waals surface area contributed by atoms with Crippen molar-refractivity contribution in [1.29, 1.82) is 0 Å². The summed E-state index contributed by atoms with van der Waals surface area (Å²) in [4.78, 5) is 17.4. The monoisotopic (exact) mass is 338 g/mol. The van der Waals surface area contributed by atoms with Gasteiger partial charge in [-0.3, -0.25) is 0 Å². The van der Waals surface area contributed by atoms with Gasteiger partial charge in [-0.1, -0.05) is 0 Å². The van der Waals surface area contributed by atoms with Gasteiger partial charge < -0.3 is 15.6 Å². The minimum atomic E-state index is -4.58. The molecule has 3 N–H and O–H groups in total. The van der Waals surface area contributed by atoms with Crippen molar-refractivity contribution < 1.29 is 22.4 Å². The predicted molar refractivity (Wildman–Crippen MR) is 80.1 cm³/mol. The number of alkyl halides is 3. The second-order valence-electron chi connectivity index (χ2n) is 4.90. The van der Waals surface area contributed by atoms with Gasteiger partial charge in [0.05, 0.1) is 11.0 Å². The Hall–Kier alpha value is -3.10. The van der Waals surface area contributed by atoms with Crippen molar-refractivity contribution in [2.75, 3.05) is 10.6 Å². The van der Waals surface area contributed by atoms with E-state index in [2.05, 4.69) is 20.6 Å². The number of halogens is 4. The number of benzene rings is 2. The second kappa shape index (κ2) is 5.84. The molecule has 2 aromatic carbocycles. The number of nitrogens with one attached hydrogen (secondary N) is 3. The number of urea groups is 1. The molecule has 1 aromatic heterocycles. The van der Waals surface area contributed by atoms with Gasteiger partial charge in [0.1, 0.15) is 5.82 Å². The molecule has 0 bridgehead atoms. The van der Waals surface area contributed by atoms with Crippen LogP contribution in [0.15, 0.2) is 42.5 Å². The molecule has 1 heterocycles. The minimum Gasteiger partial charge on any atom is -0.334 e. The van der Waals surface area contributed by atoms with Crippen LogP contribution in [0.25, 0.3) is 11.0 Å². The highest BCUT2D eigenvalue weighted by Crippen LogP contribution is 2.29. The highest BCUT2D eigenvalue weighted by atomic mass is 19.4. The van der Waals surface area contributed by atoms with Gasteiger partial charge in [-0.05, 0) is 42.5 Å². The molecule has 124 valence electrons. The van der Waals surface area contributed by atoms with Crippen LogP contribution in [0.3, 0.4) is 0 Å². The number of nitrogens with zero attached hydrogens (tertiary/aromatic N) is 1. The van der Waals surface area contributed by atoms with Crippen molar-refractivity contribution in [3.63, 3.8) is 0 Å². The third-order valence-electron chi connectivity index (χ3n) is 3.11. The quantitative estimate of drug-likeness (QED) is 0.608. The van der Waals surface area contributed by atoms with Crippen molar-refractivity contribution in [2.45, 2.75) is 6.18 Å². The van der Waals surface area contributed by atoms with Gasteiger partial charge in [-0.25, -0.2) is 14.2 Å². The number of fused-ring (bicyclic) bond motifs is 1. The van der Waals surface area contributed by atoms with Crippen LogP contribution in [0, 0.1) is 5.82 Å². The highest BCUT2D eigenvalue weighted by Gasteiger charge is 2.34. The van der Waals surface area contributed by atoms with Gasteiger partial charge in [0.2, 0.25) is 5.82 Å². The van der Waals surface area contributed by atoms with Crippen molar-refractivity contribution in [3.05, 3.63) is 54.1 Å². The number of carbonyl (C=O) groups is 1. The number of hydrogen-bond acceptors (Lipinski definition) is 2. The van der Waals surface area contributed by atoms with Gasteiger partial charge in [-0.15, -0.1) is 0 Å². The zero-order valence-electron chi connectivity index (χ0n) is 11.9. The Bertz CT molecular complexity index is 887. The first-order valence-electron chi connectivity index (χ1n) is 6.72. The summed E-state index contributed by atoms with van der Waals surface area (Å²) in [6.07, 6.45) is -4.58. The number of carbonyl (C=O) groups excluding carboxylic acids is 1. The van der Waals surface area contributed by atoms with Crippen molar-refractivity contribution in [3.8, 4) is 0 Å². The minimum absolute atomic E-state index is 0.131. The molecule has 3 rings (SSSR count). The van der Waals surface area contributed by atoms with Crippen LogP contribution >= 0.6 is 0 Å². The third kappa shape index (κ3) is 3.45. The van der Waals surface area contributed by atoms with E-state index in [-0.39, 0.29) is 16.7 Å². The maximum atomic E-state index is 12.8. The Labute approximate surface area is 132 Å². The fraction of sp³-hybridized carbons (Fsp3) is 0.0667. The number of rotatable bonds is 2. The molecule has 5 nitrogen and oxygen atoms in total. The average molecular weight is 338 g/mol. The summed E-state index contributed by atoms with van der Waals surface area (Å²) in [7, 11) is 0. The number of H-pyrrole nitrogens is 1. The molecule has 0 aliphatic heterocycles. The molecular formula is C15H10F4N4O. The normalized spacial score (nSPS) is 11.5. The first-order valence-corrected chi connectivity index (χ1v) is 6.72. The summed E-state index contributed by atoms with van der Waals surface area (Å²) >= 11 is 0. The van der Waals surface area contributed by atoms with E-state index < -0.39 is 23.8 Å². The molecule has 24 heavy (non-hydrogen) atoms. The lowest BCUT2D eigenvalue weighted by Crippen LogP contribution is -2.19. The molecule has 0 radical (unpaired) electrons. The van der Waals surface area contributed by atoms with E-state index in [1.165, 1.54) is 42.5 Å². The van der Waals surface area contributed by atoms with Crippen molar-refractivity contribution in [2.24, 2.45) is 0 Å². The molecule has 0 spiro atoms. The summed E-state index contributed by atoms with van der Waals surface area (Å²) in [5, 5.41) is 4.94. The fourth-order valence-corrected chi connectivity index (χ4v) is 2.05. The van der Waals surface area contributed by atoms with E-state index in [9.17, 15) is 22.4 Å². The first-order chi connectivity index (χ1) is 11.3. The Morgan fingerprint density at radius 1 is 1.00 bits per heavy atom. The largest absolute Gasteiger partial charge is 0.449 e. The van der Waals surface area contributed by atoms with Crippen molar-refractivity contribution in [1.82, 2.24) is 9.97 Å². The molecular weight excluding hydrogens is 328 g/mol. The molecule has 0 aliphatic carbocycles. The second-order valence-corrected chi connectivity index (χ2v) is 4.90. The maximum Gasteiger partial charge on any atom is 0.449 e. The third-order valence-corrected chi connectivity index (χ3v) is 3.11. The highest BCUT2D eigenvalue weighted by molar-refractivity contribution is 6.00. The van der Waals surface area contributed by atoms with E-state index in [0.717, 1.165) is 0 Å². The van der Waals surface area contributed by atoms with E-state index in [0.29, 0.717) is 5.69 Å². The zero-order chi connectivity index (χ0) is 17.3. The van der Waals surface area contributed by atoms with Crippen LogP contribution in [0.4, 0.5) is 33.7 Å². The number of hydrogen-bond donors (Lipinski definition) is 3. The standard InChI is InChI=1S/C15H10F4N4O/c16-8-1-3-9(4-2-8)20-14(24)21-10-5-6-11-12(7-10)23-13(22-11)15(17,18)19/h1-7H,(H,22,23)(H2,20,21,24). The summed E-state index contributed by atoms with van der Waals surface area (Å²) in [5.41, 5.74) is 0.920. The molecule has 0 saturated heterocycles. The van der Waals surface area contributed by atoms with Crippen LogP contribution in [0.5, 0.6) is 0 Å². The molecule has 3 aromatic rings. The number of anilines is 2. The Morgan fingerprint density at radius 2 is 1.62 bits per heavy atom. The summed E-state index contributed by atoms with van der Waals surface area (Å²) < 4.78 is 50.6. The first kappa shape index (κ1) is 15.8. The van der Waals surface area contributed by atoms with Crippen molar-refractivity contribution >= 4 is 28.4 Å². The van der Waals surface area contributed by atoms with E-state index >= 15 is 0 Å². The predicted octanol–water partition coefficient (Wildman–Crippen LogP) is 4.36. The van der Waals surface area contributed by atoms with Crippen LogP contribution < -0.4 is 10.6 Å². The molecule has 9 heteroatoms. The average Bonchev–Trinajstić information content (AvgIpc) is 2.93. The summed E-state index contributed by atoms with van der Waals surface area (Å²) in [6.45, 7) is 0. The fourth-order valence-electron chi connectivity index (χ4n) is 2.05. The number of aromatic amines is 1. The van der Waals surface area contributed by atoms with E-state index in [4.69, 9.17) is 0 Å². The SMILES string of the molecule is O=C(Nc1ccc(F)cc1)Nc1ccc2nc(C(F)(F)F)[nH]c2c1. The zero-order valence-corrected chi connectivity index (χ0v) is 11.9. The van der Waals surface area contributed by atoms with Gasteiger partial charge >= 0.3 is 12.2 Å². The number of amides is 2. The molecule has 0 unspecified atom stereocenters. The molecule has 2 amide bonds. The van der Waals surface area contributed by atoms with Crippen LogP contribution in [0.2, 0.25) is 0 Å². The Kier molecular flexibility index (Phi) is 3.84. The van der Waals surface area contributed by atoms with Gasteiger partial charge in [0.25, 0.3) is 0 Å². The lowest BCUT2D eigenvalue weighted by Gasteiger charge is -2.07. The topological polar surface area (TPSA) is 69.8 Å². The smallest absolute Gasteiger partial charge is 0.334 e. The Balaban J connectivity index is 1.74. The van der Waals surface area contributed by atoms with Gasteiger partial charge in [-0.2, -0.15) is 13.2 Å². The summed E-state index contributed by atoms with van der Waals surface area (Å²) in [5.74, 6) is -1.54. The van der Waals surface area contributed by atoms with Gasteiger partial charge in [0.15, 0.2) is 0 Å². The van der Waals surface area contributed by atoms with Crippen LogP contribution in [-0.2, 0) is 6.18 Å². The summed E-state index contributed by atoms with van der Waals surface area (Å²) in [6, 6.07) is 8.63. The van der Waals surface area contributed by atoms with E-state index in [1.807, 2.05) is 0 Å². The van der Waals surface area contributed by atoms with Crippen LogP contribution in [0.1, 0.15) is 5.82 Å². The Morgan fingerprint density at radius 3 is 2.29 bits per heavy atom. The number of aromatic nitrogens is 2. The number of imidazole rings is 1. The van der Waals surface area contributed by atoms with E-state index in [1.54, 1.807) is 0 Å². The molecule has 0 fully saturated rings. The lowest BCUT2D eigenvalue weighted by atomic mass is 10.3. The molecule has 0 saturated carbocycles. The van der Waals surface area contributed by atoms with Crippen LogP contribution in [-0.4, -0.2) is 16.0 Å². The maximum absolute atomic E-state index is 12.8. The molecule has 0 atom stereocenters. The van der Waals surface area contributed by atoms with Gasteiger partial charge in [0, 0.05) is 11.4 Å².